The van der Waals surface area contributed by atoms with E-state index in [4.69, 9.17) is 0 Å². The van der Waals surface area contributed by atoms with Gasteiger partial charge in [0, 0.05) is 19.0 Å². The number of likely N-dealkylation sites (N-methyl/N-ethyl adjacent to an activating group) is 1. The van der Waals surface area contributed by atoms with Crippen molar-refractivity contribution in [2.45, 2.75) is 31.2 Å². The maximum absolute atomic E-state index is 12.5. The van der Waals surface area contributed by atoms with Gasteiger partial charge < -0.3 is 0 Å². The molecule has 3 aromatic rings. The van der Waals surface area contributed by atoms with Crippen molar-refractivity contribution in [2.75, 3.05) is 13.6 Å². The molecule has 0 radical (unpaired) electrons. The fourth-order valence-corrected chi connectivity index (χ4v) is 3.97. The number of hydrazine groups is 1. The molecule has 174 valence electrons. The van der Waals surface area contributed by atoms with Gasteiger partial charge in [0.2, 0.25) is 21.8 Å². The number of carbonyl (C=O) groups excluding carboxylic acids is 2. The standard InChI is InChI=1S/C21H25N7O4S/c1-16-10-12-18(13-11-16)33(31,32)27(2)15-20(30)23-22-19(29)9-6-14-28-25-21(24-26-28)17-7-4-3-5-8-17/h3-5,7-8,10-13H,6,9,14-15H2,1-2H3,(H,22,29)(H,23,30). The van der Waals surface area contributed by atoms with Gasteiger partial charge in [-0.15, -0.1) is 10.2 Å². The number of carbonyl (C=O) groups is 2. The largest absolute Gasteiger partial charge is 0.273 e. The molecule has 2 aromatic carbocycles. The zero-order chi connectivity index (χ0) is 23.8. The molecule has 33 heavy (non-hydrogen) atoms. The fraction of sp³-hybridized carbons (Fsp3) is 0.286. The van der Waals surface area contributed by atoms with E-state index in [2.05, 4.69) is 26.3 Å². The lowest BCUT2D eigenvalue weighted by Gasteiger charge is -2.17. The van der Waals surface area contributed by atoms with E-state index in [0.717, 1.165) is 15.4 Å². The first-order chi connectivity index (χ1) is 15.8. The number of rotatable bonds is 9. The maximum Gasteiger partial charge on any atom is 0.253 e. The number of tetrazole rings is 1. The molecule has 3 rings (SSSR count). The molecule has 1 heterocycles. The molecular weight excluding hydrogens is 446 g/mol. The Bertz CT molecular complexity index is 1190. The smallest absolute Gasteiger partial charge is 0.253 e. The lowest BCUT2D eigenvalue weighted by molar-refractivity contribution is -0.129. The minimum absolute atomic E-state index is 0.0876. The second kappa shape index (κ2) is 10.8. The van der Waals surface area contributed by atoms with Crippen LogP contribution in [0.5, 0.6) is 0 Å². The fourth-order valence-electron chi connectivity index (χ4n) is 2.84. The Labute approximate surface area is 191 Å². The van der Waals surface area contributed by atoms with Crippen LogP contribution in [0.1, 0.15) is 18.4 Å². The maximum atomic E-state index is 12.5. The zero-order valence-corrected chi connectivity index (χ0v) is 19.1. The van der Waals surface area contributed by atoms with Crippen LogP contribution in [0, 0.1) is 6.92 Å². The Morgan fingerprint density at radius 2 is 1.67 bits per heavy atom. The summed E-state index contributed by atoms with van der Waals surface area (Å²) in [6.45, 7) is 1.78. The molecule has 1 aromatic heterocycles. The average molecular weight is 472 g/mol. The van der Waals surface area contributed by atoms with Crippen LogP contribution in [-0.4, -0.2) is 58.3 Å². The topological polar surface area (TPSA) is 139 Å². The first-order valence-electron chi connectivity index (χ1n) is 10.2. The summed E-state index contributed by atoms with van der Waals surface area (Å²) >= 11 is 0. The van der Waals surface area contributed by atoms with E-state index in [9.17, 15) is 18.0 Å². The molecule has 0 fully saturated rings. The number of aromatic nitrogens is 4. The zero-order valence-electron chi connectivity index (χ0n) is 18.3. The van der Waals surface area contributed by atoms with Crippen molar-refractivity contribution in [1.82, 2.24) is 35.4 Å². The summed E-state index contributed by atoms with van der Waals surface area (Å²) < 4.78 is 26.0. The van der Waals surface area contributed by atoms with Gasteiger partial charge in [0.25, 0.3) is 5.91 Å². The summed E-state index contributed by atoms with van der Waals surface area (Å²) in [5.41, 5.74) is 6.27. The van der Waals surface area contributed by atoms with Crippen molar-refractivity contribution >= 4 is 21.8 Å². The molecule has 2 N–H and O–H groups in total. The summed E-state index contributed by atoms with van der Waals surface area (Å²) in [7, 11) is -2.52. The normalized spacial score (nSPS) is 11.4. The summed E-state index contributed by atoms with van der Waals surface area (Å²) in [6, 6.07) is 15.7. The van der Waals surface area contributed by atoms with E-state index in [1.165, 1.54) is 24.0 Å². The van der Waals surface area contributed by atoms with Crippen LogP contribution >= 0.6 is 0 Å². The average Bonchev–Trinajstić information content (AvgIpc) is 3.27. The number of sulfonamides is 1. The predicted molar refractivity (Wildman–Crippen MR) is 120 cm³/mol. The minimum atomic E-state index is -3.82. The molecule has 0 saturated carbocycles. The highest BCUT2D eigenvalue weighted by Gasteiger charge is 2.23. The molecule has 0 aliphatic carbocycles. The van der Waals surface area contributed by atoms with Crippen LogP contribution in [-0.2, 0) is 26.2 Å². The van der Waals surface area contributed by atoms with Gasteiger partial charge in [-0.25, -0.2) is 8.42 Å². The van der Waals surface area contributed by atoms with Crippen molar-refractivity contribution < 1.29 is 18.0 Å². The highest BCUT2D eigenvalue weighted by Crippen LogP contribution is 2.14. The van der Waals surface area contributed by atoms with Crippen LogP contribution in [0.15, 0.2) is 59.5 Å². The number of hydrogen-bond acceptors (Lipinski definition) is 7. The van der Waals surface area contributed by atoms with Crippen molar-refractivity contribution in [3.05, 3.63) is 60.2 Å². The lowest BCUT2D eigenvalue weighted by Crippen LogP contribution is -2.46. The molecule has 12 heteroatoms. The molecule has 0 aliphatic rings. The summed E-state index contributed by atoms with van der Waals surface area (Å²) in [6.07, 6.45) is 0.536. The molecule has 0 spiro atoms. The predicted octanol–water partition coefficient (Wildman–Crippen LogP) is 0.897. The van der Waals surface area contributed by atoms with Gasteiger partial charge in [-0.1, -0.05) is 48.0 Å². The van der Waals surface area contributed by atoms with Gasteiger partial charge in [-0.3, -0.25) is 20.4 Å². The van der Waals surface area contributed by atoms with E-state index in [1.54, 1.807) is 12.1 Å². The summed E-state index contributed by atoms with van der Waals surface area (Å²) in [4.78, 5) is 25.5. The van der Waals surface area contributed by atoms with Crippen molar-refractivity contribution in [3.63, 3.8) is 0 Å². The van der Waals surface area contributed by atoms with Gasteiger partial charge >= 0.3 is 0 Å². The third-order valence-electron chi connectivity index (χ3n) is 4.68. The number of nitrogens with zero attached hydrogens (tertiary/aromatic N) is 5. The molecule has 11 nitrogen and oxygen atoms in total. The van der Waals surface area contributed by atoms with Gasteiger partial charge in [-0.05, 0) is 30.7 Å². The number of nitrogens with one attached hydrogen (secondary N) is 2. The Balaban J connectivity index is 1.39. The number of hydrogen-bond donors (Lipinski definition) is 2. The lowest BCUT2D eigenvalue weighted by atomic mass is 10.2. The molecule has 0 saturated heterocycles. The quantitative estimate of drug-likeness (QED) is 0.442. The van der Waals surface area contributed by atoms with Crippen molar-refractivity contribution in [2.24, 2.45) is 0 Å². The second-order valence-electron chi connectivity index (χ2n) is 7.35. The van der Waals surface area contributed by atoms with Crippen molar-refractivity contribution in [3.8, 4) is 11.4 Å². The highest BCUT2D eigenvalue weighted by molar-refractivity contribution is 7.89. The van der Waals surface area contributed by atoms with Crippen molar-refractivity contribution in [1.29, 1.82) is 0 Å². The van der Waals surface area contributed by atoms with Crippen LogP contribution < -0.4 is 10.9 Å². The van der Waals surface area contributed by atoms with Crippen LogP contribution in [0.25, 0.3) is 11.4 Å². The van der Waals surface area contributed by atoms with Gasteiger partial charge in [-0.2, -0.15) is 9.10 Å². The minimum Gasteiger partial charge on any atom is -0.273 e. The first kappa shape index (κ1) is 24.0. The SMILES string of the molecule is Cc1ccc(S(=O)(=O)N(C)CC(=O)NNC(=O)CCCn2nnc(-c3ccccc3)n2)cc1. The Hall–Kier alpha value is -3.64. The summed E-state index contributed by atoms with van der Waals surface area (Å²) in [5.74, 6) is -0.584. The van der Waals surface area contributed by atoms with E-state index in [0.29, 0.717) is 18.8 Å². The molecular formula is C21H25N7O4S. The van der Waals surface area contributed by atoms with E-state index < -0.39 is 28.4 Å². The van der Waals surface area contributed by atoms with Gasteiger partial charge in [0.15, 0.2) is 0 Å². The van der Waals surface area contributed by atoms with E-state index in [1.807, 2.05) is 37.3 Å². The number of benzene rings is 2. The Morgan fingerprint density at radius 3 is 2.36 bits per heavy atom. The van der Waals surface area contributed by atoms with Crippen LogP contribution in [0.4, 0.5) is 0 Å². The Morgan fingerprint density at radius 1 is 1.00 bits per heavy atom. The van der Waals surface area contributed by atoms with E-state index in [-0.39, 0.29) is 11.3 Å². The van der Waals surface area contributed by atoms with Gasteiger partial charge in [0.1, 0.15) is 0 Å². The Kier molecular flexibility index (Phi) is 7.85. The molecule has 0 unspecified atom stereocenters. The highest BCUT2D eigenvalue weighted by atomic mass is 32.2. The number of amides is 2. The van der Waals surface area contributed by atoms with E-state index >= 15 is 0 Å². The molecule has 0 bridgehead atoms. The molecule has 2 amide bonds. The third-order valence-corrected chi connectivity index (χ3v) is 6.50. The second-order valence-corrected chi connectivity index (χ2v) is 9.39. The summed E-state index contributed by atoms with van der Waals surface area (Å²) in [5, 5.41) is 12.2. The third kappa shape index (κ3) is 6.67. The van der Waals surface area contributed by atoms with Crippen LogP contribution in [0.3, 0.4) is 0 Å². The van der Waals surface area contributed by atoms with Crippen LogP contribution in [0.2, 0.25) is 0 Å². The molecule has 0 aliphatic heterocycles. The number of aryl methyl sites for hydroxylation is 2. The van der Waals surface area contributed by atoms with Gasteiger partial charge in [0.05, 0.1) is 18.0 Å². The first-order valence-corrected chi connectivity index (χ1v) is 11.6. The molecule has 0 atom stereocenters. The monoisotopic (exact) mass is 471 g/mol.